The monoisotopic (exact) mass is 175 g/mol. The smallest absolute Gasteiger partial charge is 0.343 e. The second-order valence-corrected chi connectivity index (χ2v) is 1.89. The molecule has 0 aliphatic heterocycles. The molecule has 0 radical (unpaired) electrons. The predicted octanol–water partition coefficient (Wildman–Crippen LogP) is 0.546. The highest BCUT2D eigenvalue weighted by molar-refractivity contribution is 5.79. The van der Waals surface area contributed by atoms with E-state index in [1.807, 2.05) is 6.92 Å². The molecule has 12 heavy (non-hydrogen) atoms. The van der Waals surface area contributed by atoms with Crippen molar-refractivity contribution in [1.82, 2.24) is 0 Å². The van der Waals surface area contributed by atoms with Crippen LogP contribution in [0.4, 0.5) is 0 Å². The van der Waals surface area contributed by atoms with Crippen LogP contribution in [0.25, 0.3) is 0 Å². The van der Waals surface area contributed by atoms with Gasteiger partial charge in [-0.1, -0.05) is 12.1 Å². The van der Waals surface area contributed by atoms with Gasteiger partial charge in [0.1, 0.15) is 7.11 Å². The lowest BCUT2D eigenvalue weighted by molar-refractivity contribution is -0.143. The number of hydrogen-bond acceptors (Lipinski definition) is 5. The number of hydrogen-bond donors (Lipinski definition) is 0. The normalized spacial score (nSPS) is 10.8. The lowest BCUT2D eigenvalue weighted by Gasteiger charge is -2.04. The maximum atomic E-state index is 10.6. The zero-order valence-corrected chi connectivity index (χ0v) is 7.49. The van der Waals surface area contributed by atoms with Gasteiger partial charge in [-0.15, -0.1) is 0 Å². The highest BCUT2D eigenvalue weighted by Gasteiger charge is 2.03. The zero-order valence-electron chi connectivity index (χ0n) is 7.49. The van der Waals surface area contributed by atoms with Crippen LogP contribution in [0.5, 0.6) is 0 Å². The number of esters is 1. The topological polar surface area (TPSA) is 57.1 Å². The van der Waals surface area contributed by atoms with Crippen molar-refractivity contribution in [2.75, 3.05) is 20.8 Å². The summed E-state index contributed by atoms with van der Waals surface area (Å²) in [5.74, 6) is -0.0600. The fourth-order valence-electron chi connectivity index (χ4n) is 0.496. The summed E-state index contributed by atoms with van der Waals surface area (Å²) in [5, 5.41) is 3.54. The molecule has 0 saturated heterocycles. The van der Waals surface area contributed by atoms with Crippen LogP contribution in [-0.4, -0.2) is 32.7 Å². The van der Waals surface area contributed by atoms with E-state index in [1.165, 1.54) is 14.2 Å². The third kappa shape index (κ3) is 4.54. The molecule has 0 heterocycles. The molecule has 0 spiro atoms. The minimum Gasteiger partial charge on any atom is -0.467 e. The van der Waals surface area contributed by atoms with Crippen LogP contribution in [0.15, 0.2) is 5.16 Å². The van der Waals surface area contributed by atoms with Crippen molar-refractivity contribution in [2.24, 2.45) is 5.16 Å². The summed E-state index contributed by atoms with van der Waals surface area (Å²) in [6.45, 7) is 1.71. The summed E-state index contributed by atoms with van der Waals surface area (Å²) in [6.07, 6.45) is 0.574. The van der Waals surface area contributed by atoms with Crippen molar-refractivity contribution in [3.05, 3.63) is 0 Å². The van der Waals surface area contributed by atoms with Crippen LogP contribution in [-0.2, 0) is 19.1 Å². The molecule has 0 aliphatic carbocycles. The van der Waals surface area contributed by atoms with Crippen LogP contribution < -0.4 is 0 Å². The summed E-state index contributed by atoms with van der Waals surface area (Å²) in [4.78, 5) is 15.1. The molecule has 5 nitrogen and oxygen atoms in total. The maximum Gasteiger partial charge on any atom is 0.343 e. The number of carbonyl (C=O) groups is 1. The minimum atomic E-state index is -0.438. The van der Waals surface area contributed by atoms with Gasteiger partial charge in [-0.05, 0) is 0 Å². The van der Waals surface area contributed by atoms with E-state index in [2.05, 4.69) is 14.7 Å². The Morgan fingerprint density at radius 1 is 1.42 bits per heavy atom. The summed E-state index contributed by atoms with van der Waals surface area (Å²) in [7, 11) is 2.71. The Morgan fingerprint density at radius 2 is 2.08 bits per heavy atom. The van der Waals surface area contributed by atoms with Crippen molar-refractivity contribution in [3.63, 3.8) is 0 Å². The predicted molar refractivity (Wildman–Crippen MR) is 42.7 cm³/mol. The number of carbonyl (C=O) groups excluding carboxylic acids is 1. The van der Waals surface area contributed by atoms with Gasteiger partial charge in [0.25, 0.3) is 0 Å². The highest BCUT2D eigenvalue weighted by atomic mass is 16.6. The average Bonchev–Trinajstić information content (AvgIpc) is 2.11. The molecular formula is C7H13NO4. The molecule has 0 aliphatic rings. The molecule has 0 aromatic carbocycles. The summed E-state index contributed by atoms with van der Waals surface area (Å²) < 4.78 is 9.30. The fraction of sp³-hybridized carbons (Fsp3) is 0.714. The fourth-order valence-corrected chi connectivity index (χ4v) is 0.496. The SMILES string of the molecule is CC/C(=N/OC)OCC(=O)OC. The van der Waals surface area contributed by atoms with Crippen LogP contribution in [0.2, 0.25) is 0 Å². The Morgan fingerprint density at radius 3 is 2.50 bits per heavy atom. The van der Waals surface area contributed by atoms with E-state index in [4.69, 9.17) is 4.74 Å². The van der Waals surface area contributed by atoms with E-state index in [0.717, 1.165) is 0 Å². The zero-order chi connectivity index (χ0) is 9.40. The van der Waals surface area contributed by atoms with Gasteiger partial charge in [-0.3, -0.25) is 0 Å². The molecule has 0 unspecified atom stereocenters. The van der Waals surface area contributed by atoms with Gasteiger partial charge in [0, 0.05) is 6.42 Å². The van der Waals surface area contributed by atoms with Gasteiger partial charge in [0.15, 0.2) is 6.61 Å². The van der Waals surface area contributed by atoms with Gasteiger partial charge in [0.05, 0.1) is 7.11 Å². The lowest BCUT2D eigenvalue weighted by atomic mass is 10.5. The Hall–Kier alpha value is -1.26. The first-order valence-corrected chi connectivity index (χ1v) is 3.54. The molecule has 0 fully saturated rings. The van der Waals surface area contributed by atoms with E-state index in [1.54, 1.807) is 0 Å². The molecule has 5 heteroatoms. The Kier molecular flexibility index (Phi) is 5.77. The van der Waals surface area contributed by atoms with Crippen molar-refractivity contribution >= 4 is 11.9 Å². The first-order chi connectivity index (χ1) is 5.74. The third-order valence-corrected chi connectivity index (χ3v) is 1.08. The number of ether oxygens (including phenoxy) is 2. The number of rotatable bonds is 4. The van der Waals surface area contributed by atoms with Crippen LogP contribution in [0, 0.1) is 0 Å². The average molecular weight is 175 g/mol. The van der Waals surface area contributed by atoms with Gasteiger partial charge in [-0.25, -0.2) is 4.79 Å². The molecule has 0 saturated carbocycles. The third-order valence-electron chi connectivity index (χ3n) is 1.08. The standard InChI is InChI=1S/C7H13NO4/c1-4-6(8-11-3)12-5-7(9)10-2/h4-5H2,1-3H3/b8-6-. The molecule has 0 aromatic rings. The maximum absolute atomic E-state index is 10.6. The summed E-state index contributed by atoms with van der Waals surface area (Å²) in [5.41, 5.74) is 0. The highest BCUT2D eigenvalue weighted by Crippen LogP contribution is 1.90. The number of oxime groups is 1. The van der Waals surface area contributed by atoms with Crippen LogP contribution in [0.1, 0.15) is 13.3 Å². The van der Waals surface area contributed by atoms with Gasteiger partial charge >= 0.3 is 5.97 Å². The van der Waals surface area contributed by atoms with Gasteiger partial charge in [0.2, 0.25) is 5.90 Å². The Balaban J connectivity index is 3.73. The van der Waals surface area contributed by atoms with Gasteiger partial charge in [-0.2, -0.15) is 0 Å². The van der Waals surface area contributed by atoms with E-state index >= 15 is 0 Å². The van der Waals surface area contributed by atoms with Crippen LogP contribution in [0.3, 0.4) is 0 Å². The van der Waals surface area contributed by atoms with Crippen molar-refractivity contribution in [1.29, 1.82) is 0 Å². The number of nitrogens with zero attached hydrogens (tertiary/aromatic N) is 1. The largest absolute Gasteiger partial charge is 0.467 e. The summed E-state index contributed by atoms with van der Waals surface area (Å²) in [6, 6.07) is 0. The van der Waals surface area contributed by atoms with E-state index in [9.17, 15) is 4.79 Å². The second kappa shape index (κ2) is 6.45. The van der Waals surface area contributed by atoms with Crippen LogP contribution >= 0.6 is 0 Å². The second-order valence-electron chi connectivity index (χ2n) is 1.89. The van der Waals surface area contributed by atoms with Crippen molar-refractivity contribution in [2.45, 2.75) is 13.3 Å². The minimum absolute atomic E-state index is 0.132. The molecular weight excluding hydrogens is 162 g/mol. The molecule has 0 N–H and O–H groups in total. The molecule has 70 valence electrons. The lowest BCUT2D eigenvalue weighted by Crippen LogP contribution is -2.14. The Bertz CT molecular complexity index is 167. The van der Waals surface area contributed by atoms with E-state index in [0.29, 0.717) is 12.3 Å². The molecule has 0 aromatic heterocycles. The molecule has 0 atom stereocenters. The van der Waals surface area contributed by atoms with Crippen molar-refractivity contribution < 1.29 is 19.1 Å². The summed E-state index contributed by atoms with van der Waals surface area (Å²) >= 11 is 0. The first-order valence-electron chi connectivity index (χ1n) is 3.54. The molecule has 0 amide bonds. The quantitative estimate of drug-likeness (QED) is 0.271. The Labute approximate surface area is 71.3 Å². The van der Waals surface area contributed by atoms with E-state index < -0.39 is 5.97 Å². The first kappa shape index (κ1) is 10.7. The van der Waals surface area contributed by atoms with E-state index in [-0.39, 0.29) is 6.61 Å². The molecule has 0 bridgehead atoms. The number of methoxy groups -OCH3 is 1. The molecule has 0 rings (SSSR count). The van der Waals surface area contributed by atoms with Gasteiger partial charge < -0.3 is 14.3 Å². The van der Waals surface area contributed by atoms with Crippen molar-refractivity contribution in [3.8, 4) is 0 Å².